The van der Waals surface area contributed by atoms with Crippen molar-refractivity contribution in [1.29, 1.82) is 0 Å². The van der Waals surface area contributed by atoms with Crippen LogP contribution in [0.15, 0.2) is 4.99 Å². The Morgan fingerprint density at radius 1 is 1.31 bits per heavy atom. The van der Waals surface area contributed by atoms with E-state index >= 15 is 0 Å². The molecule has 2 aliphatic heterocycles. The second kappa shape index (κ2) is 7.63. The van der Waals surface area contributed by atoms with Gasteiger partial charge in [-0.05, 0) is 40.0 Å². The minimum Gasteiger partial charge on any atom is -0.460 e. The zero-order valence-electron chi connectivity index (χ0n) is 16.3. The van der Waals surface area contributed by atoms with E-state index in [0.29, 0.717) is 13.1 Å². The third kappa shape index (κ3) is 4.34. The van der Waals surface area contributed by atoms with Gasteiger partial charge in [0.1, 0.15) is 11.4 Å². The van der Waals surface area contributed by atoms with Crippen LogP contribution in [0.5, 0.6) is 0 Å². The second-order valence-corrected chi connectivity index (χ2v) is 8.01. The van der Waals surface area contributed by atoms with Crippen LogP contribution in [0.3, 0.4) is 0 Å². The molecule has 0 spiro atoms. The van der Waals surface area contributed by atoms with Gasteiger partial charge in [0.25, 0.3) is 0 Å². The highest BCUT2D eigenvalue weighted by molar-refractivity contribution is 5.82. The fourth-order valence-corrected chi connectivity index (χ4v) is 3.52. The van der Waals surface area contributed by atoms with Crippen LogP contribution in [-0.2, 0) is 29.0 Å². The number of nitrogens with one attached hydrogen (secondary N) is 1. The summed E-state index contributed by atoms with van der Waals surface area (Å²) < 4.78 is 7.72. The van der Waals surface area contributed by atoms with E-state index < -0.39 is 5.60 Å². The molecule has 0 bridgehead atoms. The van der Waals surface area contributed by atoms with Crippen LogP contribution in [0.1, 0.15) is 51.7 Å². The van der Waals surface area contributed by atoms with Crippen molar-refractivity contribution in [3.05, 3.63) is 11.6 Å². The largest absolute Gasteiger partial charge is 0.460 e. The van der Waals surface area contributed by atoms with Crippen molar-refractivity contribution < 1.29 is 9.53 Å². The molecule has 1 N–H and O–H groups in total. The summed E-state index contributed by atoms with van der Waals surface area (Å²) in [5, 5.41) is 12.0. The second-order valence-electron chi connectivity index (χ2n) is 8.01. The number of carbonyl (C=O) groups is 1. The third-order valence-corrected chi connectivity index (χ3v) is 4.78. The number of aliphatic imine (C=N–C) groups is 1. The summed E-state index contributed by atoms with van der Waals surface area (Å²) in [5.74, 6) is 2.60. The zero-order valence-corrected chi connectivity index (χ0v) is 16.3. The van der Waals surface area contributed by atoms with Gasteiger partial charge in [-0.25, -0.2) is 0 Å². The predicted octanol–water partition coefficient (Wildman–Crippen LogP) is 1.35. The quantitative estimate of drug-likeness (QED) is 0.496. The number of hydrogen-bond acceptors (Lipinski definition) is 5. The minimum atomic E-state index is -0.447. The molecule has 144 valence electrons. The van der Waals surface area contributed by atoms with Gasteiger partial charge in [0.2, 0.25) is 0 Å². The maximum absolute atomic E-state index is 12.3. The molecule has 26 heavy (non-hydrogen) atoms. The topological polar surface area (TPSA) is 84.6 Å². The number of carbonyl (C=O) groups excluding carboxylic acids is 1. The summed E-state index contributed by atoms with van der Waals surface area (Å²) >= 11 is 0. The Morgan fingerprint density at radius 2 is 2.12 bits per heavy atom. The molecule has 3 heterocycles. The minimum absolute atomic E-state index is 0.103. The van der Waals surface area contributed by atoms with E-state index in [1.54, 1.807) is 7.05 Å². The van der Waals surface area contributed by atoms with Gasteiger partial charge >= 0.3 is 5.97 Å². The van der Waals surface area contributed by atoms with Gasteiger partial charge in [0.05, 0.1) is 12.5 Å². The lowest BCUT2D eigenvalue weighted by atomic mass is 10.1. The summed E-state index contributed by atoms with van der Waals surface area (Å²) in [6.07, 6.45) is 4.16. The smallest absolute Gasteiger partial charge is 0.311 e. The van der Waals surface area contributed by atoms with Crippen LogP contribution in [0.25, 0.3) is 0 Å². The van der Waals surface area contributed by atoms with Crippen LogP contribution in [0, 0.1) is 5.92 Å². The van der Waals surface area contributed by atoms with Crippen molar-refractivity contribution in [3.63, 3.8) is 0 Å². The molecule has 0 aromatic carbocycles. The Morgan fingerprint density at radius 3 is 2.85 bits per heavy atom. The fraction of sp³-hybridized carbons (Fsp3) is 0.778. The molecule has 0 radical (unpaired) electrons. The number of hydrogen-bond donors (Lipinski definition) is 1. The Bertz CT molecular complexity index is 676. The number of esters is 1. The Kier molecular flexibility index (Phi) is 5.48. The van der Waals surface area contributed by atoms with E-state index in [9.17, 15) is 4.79 Å². The van der Waals surface area contributed by atoms with E-state index in [2.05, 4.69) is 30.0 Å². The van der Waals surface area contributed by atoms with Crippen LogP contribution < -0.4 is 5.32 Å². The molecule has 8 nitrogen and oxygen atoms in total. The average molecular weight is 362 g/mol. The molecule has 2 aliphatic rings. The number of nitrogens with zero attached hydrogens (tertiary/aromatic N) is 5. The van der Waals surface area contributed by atoms with Crippen LogP contribution in [0.2, 0.25) is 0 Å². The highest BCUT2D eigenvalue weighted by Crippen LogP contribution is 2.21. The molecule has 0 amide bonds. The Balaban J connectivity index is 1.55. The highest BCUT2D eigenvalue weighted by atomic mass is 16.6. The van der Waals surface area contributed by atoms with Crippen LogP contribution in [-0.4, -0.2) is 57.3 Å². The summed E-state index contributed by atoms with van der Waals surface area (Å²) in [7, 11) is 1.77. The molecule has 1 aromatic rings. The maximum Gasteiger partial charge on any atom is 0.311 e. The monoisotopic (exact) mass is 362 g/mol. The molecular weight excluding hydrogens is 332 g/mol. The van der Waals surface area contributed by atoms with Crippen molar-refractivity contribution in [2.24, 2.45) is 10.9 Å². The highest BCUT2D eigenvalue weighted by Gasteiger charge is 2.33. The molecule has 1 saturated heterocycles. The van der Waals surface area contributed by atoms with Gasteiger partial charge in [-0.2, -0.15) is 0 Å². The van der Waals surface area contributed by atoms with Gasteiger partial charge < -0.3 is 19.5 Å². The van der Waals surface area contributed by atoms with Gasteiger partial charge in [0, 0.05) is 33.1 Å². The first-order valence-electron chi connectivity index (χ1n) is 9.47. The van der Waals surface area contributed by atoms with Crippen molar-refractivity contribution in [2.45, 2.75) is 65.1 Å². The van der Waals surface area contributed by atoms with E-state index in [1.807, 2.05) is 20.8 Å². The van der Waals surface area contributed by atoms with E-state index in [-0.39, 0.29) is 11.9 Å². The van der Waals surface area contributed by atoms with Crippen molar-refractivity contribution >= 4 is 11.9 Å². The molecule has 0 aliphatic carbocycles. The number of rotatable bonds is 3. The molecule has 0 saturated carbocycles. The first-order chi connectivity index (χ1) is 12.4. The molecule has 1 aromatic heterocycles. The molecular formula is C18H30N6O2. The number of aryl methyl sites for hydroxylation is 1. The van der Waals surface area contributed by atoms with Crippen molar-refractivity contribution in [1.82, 2.24) is 25.0 Å². The van der Waals surface area contributed by atoms with Gasteiger partial charge in [-0.3, -0.25) is 9.79 Å². The summed E-state index contributed by atoms with van der Waals surface area (Å²) in [6.45, 7) is 8.70. The summed E-state index contributed by atoms with van der Waals surface area (Å²) in [5.41, 5.74) is -0.447. The molecule has 8 heteroatoms. The lowest BCUT2D eigenvalue weighted by molar-refractivity contribution is -0.159. The molecule has 1 unspecified atom stereocenters. The predicted molar refractivity (Wildman–Crippen MR) is 98.7 cm³/mol. The normalized spacial score (nSPS) is 20.8. The SMILES string of the molecule is CN=C(NCc1nnc2n1CCCC2)N1CCC(C(=O)OC(C)(C)C)C1. The molecule has 1 fully saturated rings. The molecule has 1 atom stereocenters. The average Bonchev–Trinajstić information content (AvgIpc) is 3.22. The van der Waals surface area contributed by atoms with Crippen LogP contribution >= 0.6 is 0 Å². The standard InChI is InChI=1S/C18H30N6O2/c1-18(2,3)26-16(25)13-8-10-23(12-13)17(19-4)20-11-15-22-21-14-7-5-6-9-24(14)15/h13H,5-12H2,1-4H3,(H,19,20). The number of aromatic nitrogens is 3. The lowest BCUT2D eigenvalue weighted by Gasteiger charge is -2.23. The van der Waals surface area contributed by atoms with Gasteiger partial charge in [0.15, 0.2) is 11.8 Å². The Labute approximate surface area is 155 Å². The van der Waals surface area contributed by atoms with E-state index in [4.69, 9.17) is 4.74 Å². The lowest BCUT2D eigenvalue weighted by Crippen LogP contribution is -2.41. The number of ether oxygens (including phenoxy) is 1. The summed E-state index contributed by atoms with van der Waals surface area (Å²) in [6, 6.07) is 0. The van der Waals surface area contributed by atoms with Gasteiger partial charge in [-0.15, -0.1) is 10.2 Å². The molecule has 3 rings (SSSR count). The number of likely N-dealkylation sites (tertiary alicyclic amines) is 1. The van der Waals surface area contributed by atoms with E-state index in [1.165, 1.54) is 12.8 Å². The Hall–Kier alpha value is -2.12. The van der Waals surface area contributed by atoms with E-state index in [0.717, 1.165) is 43.5 Å². The van der Waals surface area contributed by atoms with Crippen molar-refractivity contribution in [2.75, 3.05) is 20.1 Å². The van der Waals surface area contributed by atoms with Gasteiger partial charge in [-0.1, -0.05) is 0 Å². The van der Waals surface area contributed by atoms with Crippen LogP contribution in [0.4, 0.5) is 0 Å². The first-order valence-corrected chi connectivity index (χ1v) is 9.47. The van der Waals surface area contributed by atoms with Crippen molar-refractivity contribution in [3.8, 4) is 0 Å². The fourth-order valence-electron chi connectivity index (χ4n) is 3.52. The third-order valence-electron chi connectivity index (χ3n) is 4.78. The zero-order chi connectivity index (χ0) is 18.7. The summed E-state index contributed by atoms with van der Waals surface area (Å²) in [4.78, 5) is 18.8. The number of guanidine groups is 1. The first kappa shape index (κ1) is 18.7. The number of fused-ring (bicyclic) bond motifs is 1. The maximum atomic E-state index is 12.3.